The van der Waals surface area contributed by atoms with Gasteiger partial charge in [0.15, 0.2) is 0 Å². The highest BCUT2D eigenvalue weighted by Crippen LogP contribution is 2.54. The van der Waals surface area contributed by atoms with Crippen LogP contribution in [0.5, 0.6) is 11.5 Å². The van der Waals surface area contributed by atoms with Crippen molar-refractivity contribution in [1.82, 2.24) is 0 Å². The average Bonchev–Trinajstić information content (AvgIpc) is 3.05. The third kappa shape index (κ3) is 5.11. The van der Waals surface area contributed by atoms with E-state index in [1.165, 1.54) is 31.8 Å². The van der Waals surface area contributed by atoms with Crippen molar-refractivity contribution < 1.29 is 4.74 Å². The lowest BCUT2D eigenvalue weighted by molar-refractivity contribution is 0.422. The van der Waals surface area contributed by atoms with Crippen molar-refractivity contribution in [2.75, 3.05) is 0 Å². The van der Waals surface area contributed by atoms with Crippen LogP contribution in [-0.4, -0.2) is 0 Å². The van der Waals surface area contributed by atoms with Gasteiger partial charge >= 0.3 is 0 Å². The fourth-order valence-electron chi connectivity index (χ4n) is 6.08. The van der Waals surface area contributed by atoms with E-state index in [2.05, 4.69) is 166 Å². The first-order valence-electron chi connectivity index (χ1n) is 14.5. The van der Waals surface area contributed by atoms with E-state index in [9.17, 15) is 0 Å². The maximum Gasteiger partial charge on any atom is 0.141 e. The van der Waals surface area contributed by atoms with Crippen LogP contribution in [0.3, 0.4) is 0 Å². The molecule has 6 aromatic carbocycles. The predicted octanol–water partition coefficient (Wildman–Crippen LogP) is 8.29. The minimum absolute atomic E-state index is 0.366. The molecule has 0 aromatic heterocycles. The molecule has 4 heteroatoms. The molecule has 0 atom stereocenters. The lowest BCUT2D eigenvalue weighted by atomic mass is 9.76. The molecule has 0 bridgehead atoms. The van der Waals surface area contributed by atoms with E-state index < -0.39 is 15.8 Å². The van der Waals surface area contributed by atoms with Crippen molar-refractivity contribution in [3.05, 3.63) is 168 Å². The number of ether oxygens (including phenoxy) is 1. The standard InChI is InChI=1S/C39H31ClOP2/c1-39(2)32-25-15-16-26-33(32)41-38-35(43(30-21-11-5-12-22-30)31-23-13-6-14-24-31)27-34(37(40)36(38)39)42(28-17-7-3-8-18-28)29-19-9-4-10-20-29/h3-27H,1-2H3. The van der Waals surface area contributed by atoms with Gasteiger partial charge in [-0.05, 0) is 49.2 Å². The summed E-state index contributed by atoms with van der Waals surface area (Å²) in [7, 11) is -1.90. The minimum Gasteiger partial charge on any atom is -0.456 e. The molecule has 0 saturated carbocycles. The second-order valence-corrected chi connectivity index (χ2v) is 15.9. The third-order valence-corrected chi connectivity index (χ3v) is 13.5. The number of fused-ring (bicyclic) bond motifs is 2. The normalized spacial score (nSPS) is 13.3. The largest absolute Gasteiger partial charge is 0.456 e. The third-order valence-electron chi connectivity index (χ3n) is 8.11. The van der Waals surface area contributed by atoms with Gasteiger partial charge in [0.05, 0.1) is 5.02 Å². The molecule has 210 valence electrons. The molecular weight excluding hydrogens is 582 g/mol. The number of hydrogen-bond acceptors (Lipinski definition) is 1. The molecule has 0 fully saturated rings. The Morgan fingerprint density at radius 3 is 1.37 bits per heavy atom. The van der Waals surface area contributed by atoms with Crippen LogP contribution >= 0.6 is 27.4 Å². The SMILES string of the molecule is CC1(C)c2ccccc2Oc2c(P(c3ccccc3)c3ccccc3)cc(P(c3ccccc3)c3ccccc3)c(Cl)c21. The van der Waals surface area contributed by atoms with Crippen molar-refractivity contribution in [3.8, 4) is 11.5 Å². The molecule has 0 aliphatic carbocycles. The Balaban J connectivity index is 1.59. The monoisotopic (exact) mass is 612 g/mol. The Morgan fingerprint density at radius 1 is 0.512 bits per heavy atom. The lowest BCUT2D eigenvalue weighted by Gasteiger charge is -2.39. The molecule has 1 nitrogen and oxygen atoms in total. The number of rotatable bonds is 6. The number of benzene rings is 6. The molecule has 0 radical (unpaired) electrons. The van der Waals surface area contributed by atoms with Crippen LogP contribution in [0, 0.1) is 0 Å². The maximum atomic E-state index is 7.68. The first-order valence-corrected chi connectivity index (χ1v) is 17.5. The molecule has 43 heavy (non-hydrogen) atoms. The molecule has 6 aromatic rings. The lowest BCUT2D eigenvalue weighted by Crippen LogP contribution is -2.34. The first-order chi connectivity index (χ1) is 21.0. The van der Waals surface area contributed by atoms with E-state index in [0.717, 1.165) is 27.6 Å². The summed E-state index contributed by atoms with van der Waals surface area (Å²) in [6.45, 7) is 4.57. The summed E-state index contributed by atoms with van der Waals surface area (Å²) in [5, 5.41) is 8.27. The van der Waals surface area contributed by atoms with Gasteiger partial charge in [0.1, 0.15) is 11.5 Å². The Kier molecular flexibility index (Phi) is 7.67. The summed E-state index contributed by atoms with van der Waals surface area (Å²) < 4.78 is 6.93. The highest BCUT2D eigenvalue weighted by molar-refractivity contribution is 7.81. The van der Waals surface area contributed by atoms with Crippen LogP contribution in [0.2, 0.25) is 5.02 Å². The Bertz CT molecular complexity index is 1800. The van der Waals surface area contributed by atoms with Crippen molar-refractivity contribution in [2.24, 2.45) is 0 Å². The van der Waals surface area contributed by atoms with Crippen LogP contribution in [-0.2, 0) is 5.41 Å². The van der Waals surface area contributed by atoms with Gasteiger partial charge < -0.3 is 4.74 Å². The summed E-state index contributed by atoms with van der Waals surface area (Å²) in [5.41, 5.74) is 1.86. The molecule has 1 aliphatic rings. The summed E-state index contributed by atoms with van der Waals surface area (Å²) in [5.74, 6) is 1.79. The van der Waals surface area contributed by atoms with E-state index in [1.807, 2.05) is 0 Å². The van der Waals surface area contributed by atoms with Gasteiger partial charge in [-0.1, -0.05) is 165 Å². The molecule has 1 heterocycles. The van der Waals surface area contributed by atoms with Crippen LogP contribution in [0.4, 0.5) is 0 Å². The summed E-state index contributed by atoms with van der Waals surface area (Å²) in [4.78, 5) is 0. The van der Waals surface area contributed by atoms with E-state index in [-0.39, 0.29) is 5.41 Å². The van der Waals surface area contributed by atoms with Gasteiger partial charge in [-0.3, -0.25) is 0 Å². The molecule has 0 spiro atoms. The first kappa shape index (κ1) is 28.1. The quantitative estimate of drug-likeness (QED) is 0.172. The zero-order valence-electron chi connectivity index (χ0n) is 24.1. The van der Waals surface area contributed by atoms with E-state index in [0.29, 0.717) is 0 Å². The average molecular weight is 613 g/mol. The maximum absolute atomic E-state index is 7.68. The van der Waals surface area contributed by atoms with Crippen LogP contribution < -0.4 is 36.6 Å². The number of para-hydroxylation sites is 1. The van der Waals surface area contributed by atoms with Gasteiger partial charge in [-0.15, -0.1) is 0 Å². The van der Waals surface area contributed by atoms with Crippen molar-refractivity contribution >= 4 is 59.3 Å². The van der Waals surface area contributed by atoms with E-state index >= 15 is 0 Å². The molecule has 0 N–H and O–H groups in total. The van der Waals surface area contributed by atoms with Gasteiger partial charge in [-0.2, -0.15) is 0 Å². The second kappa shape index (κ2) is 11.7. The molecule has 1 aliphatic heterocycles. The molecular formula is C39H31ClOP2. The molecule has 0 amide bonds. The van der Waals surface area contributed by atoms with Crippen molar-refractivity contribution in [3.63, 3.8) is 0 Å². The molecule has 7 rings (SSSR count). The summed E-state index contributed by atoms with van der Waals surface area (Å²) >= 11 is 7.68. The van der Waals surface area contributed by atoms with Gasteiger partial charge in [0, 0.05) is 27.2 Å². The molecule has 0 saturated heterocycles. The summed E-state index contributed by atoms with van der Waals surface area (Å²) in [6, 6.07) is 54.1. The summed E-state index contributed by atoms with van der Waals surface area (Å²) in [6.07, 6.45) is 0. The fourth-order valence-corrected chi connectivity index (χ4v) is 11.6. The topological polar surface area (TPSA) is 9.23 Å². The Labute approximate surface area is 261 Å². The van der Waals surface area contributed by atoms with Crippen LogP contribution in [0.15, 0.2) is 152 Å². The van der Waals surface area contributed by atoms with Gasteiger partial charge in [0.25, 0.3) is 0 Å². The van der Waals surface area contributed by atoms with Crippen molar-refractivity contribution in [1.29, 1.82) is 0 Å². The van der Waals surface area contributed by atoms with Gasteiger partial charge in [0.2, 0.25) is 0 Å². The smallest absolute Gasteiger partial charge is 0.141 e. The number of halogens is 1. The Morgan fingerprint density at radius 2 is 0.907 bits per heavy atom. The van der Waals surface area contributed by atoms with Crippen molar-refractivity contribution in [2.45, 2.75) is 19.3 Å². The Hall–Kier alpha value is -3.73. The van der Waals surface area contributed by atoms with E-state index in [1.54, 1.807) is 0 Å². The molecule has 0 unspecified atom stereocenters. The predicted molar refractivity (Wildman–Crippen MR) is 188 cm³/mol. The van der Waals surface area contributed by atoms with Crippen LogP contribution in [0.1, 0.15) is 25.0 Å². The second-order valence-electron chi connectivity index (χ2n) is 11.2. The minimum atomic E-state index is -0.956. The van der Waals surface area contributed by atoms with Gasteiger partial charge in [-0.25, -0.2) is 0 Å². The highest BCUT2D eigenvalue weighted by Gasteiger charge is 2.41. The van der Waals surface area contributed by atoms with E-state index in [4.69, 9.17) is 16.3 Å². The van der Waals surface area contributed by atoms with Crippen LogP contribution in [0.25, 0.3) is 0 Å². The highest BCUT2D eigenvalue weighted by atomic mass is 35.5. The number of hydrogen-bond donors (Lipinski definition) is 0. The zero-order valence-corrected chi connectivity index (χ0v) is 26.7. The fraction of sp³-hybridized carbons (Fsp3) is 0.0769. The zero-order chi connectivity index (χ0) is 29.4.